The molecule has 1 aliphatic heterocycles. The number of benzene rings is 2. The smallest absolute Gasteiger partial charge is 0.255 e. The number of amides is 1. The molecule has 1 aliphatic rings. The van der Waals surface area contributed by atoms with Crippen molar-refractivity contribution in [3.63, 3.8) is 0 Å². The zero-order valence-corrected chi connectivity index (χ0v) is 24.3. The predicted molar refractivity (Wildman–Crippen MR) is 164 cm³/mol. The number of hydrogen-bond donors (Lipinski definition) is 1. The summed E-state index contributed by atoms with van der Waals surface area (Å²) in [4.78, 5) is 15.0. The van der Waals surface area contributed by atoms with Gasteiger partial charge in [-0.1, -0.05) is 109 Å². The van der Waals surface area contributed by atoms with E-state index in [-0.39, 0.29) is 5.91 Å². The Balaban J connectivity index is 1.23. The van der Waals surface area contributed by atoms with Gasteiger partial charge in [-0.05, 0) is 47.7 Å². The molecule has 38 heavy (non-hydrogen) atoms. The molecule has 0 saturated heterocycles. The second-order valence-electron chi connectivity index (χ2n) is 10.5. The lowest BCUT2D eigenvalue weighted by Gasteiger charge is -2.15. The highest BCUT2D eigenvalue weighted by molar-refractivity contribution is 8.02. The van der Waals surface area contributed by atoms with Gasteiger partial charge in [-0.2, -0.15) is 0 Å². The van der Waals surface area contributed by atoms with Gasteiger partial charge in [-0.3, -0.25) is 4.79 Å². The first-order chi connectivity index (χ1) is 18.7. The van der Waals surface area contributed by atoms with Crippen LogP contribution in [0, 0.1) is 0 Å². The zero-order chi connectivity index (χ0) is 26.7. The molecule has 4 nitrogen and oxygen atoms in total. The maximum absolute atomic E-state index is 12.8. The monoisotopic (exact) mass is 536 g/mol. The Kier molecular flexibility index (Phi) is 14.9. The molecule has 0 atom stereocenters. The first kappa shape index (κ1) is 30.1. The normalized spacial score (nSPS) is 12.7. The molecule has 5 heteroatoms. The van der Waals surface area contributed by atoms with Crippen molar-refractivity contribution in [3.05, 3.63) is 71.3 Å². The van der Waals surface area contributed by atoms with E-state index in [0.29, 0.717) is 12.2 Å². The molecule has 0 bridgehead atoms. The van der Waals surface area contributed by atoms with Crippen LogP contribution in [-0.2, 0) is 6.54 Å². The Labute approximate surface area is 235 Å². The van der Waals surface area contributed by atoms with Crippen molar-refractivity contribution in [1.29, 1.82) is 0 Å². The topological polar surface area (TPSA) is 41.6 Å². The molecular formula is C33H48N2O2S. The van der Waals surface area contributed by atoms with E-state index in [9.17, 15) is 4.79 Å². The first-order valence-electron chi connectivity index (χ1n) is 14.9. The lowest BCUT2D eigenvalue weighted by atomic mass is 10.0. The summed E-state index contributed by atoms with van der Waals surface area (Å²) in [6.07, 6.45) is 21.0. The molecule has 0 fully saturated rings. The lowest BCUT2D eigenvalue weighted by molar-refractivity contribution is 0.102. The molecule has 1 N–H and O–H groups in total. The summed E-state index contributed by atoms with van der Waals surface area (Å²) in [6, 6.07) is 15.6. The van der Waals surface area contributed by atoms with Gasteiger partial charge in [0.25, 0.3) is 5.91 Å². The van der Waals surface area contributed by atoms with Crippen LogP contribution in [0.3, 0.4) is 0 Å². The lowest BCUT2D eigenvalue weighted by Crippen LogP contribution is -2.13. The van der Waals surface area contributed by atoms with Crippen LogP contribution in [0.5, 0.6) is 5.75 Å². The van der Waals surface area contributed by atoms with Crippen LogP contribution in [-0.4, -0.2) is 23.3 Å². The number of nitrogens with one attached hydrogen (secondary N) is 1. The Morgan fingerprint density at radius 1 is 0.842 bits per heavy atom. The van der Waals surface area contributed by atoms with Crippen molar-refractivity contribution in [3.8, 4) is 5.75 Å². The van der Waals surface area contributed by atoms with Gasteiger partial charge in [0.05, 0.1) is 12.5 Å². The van der Waals surface area contributed by atoms with E-state index in [1.165, 1.54) is 89.0 Å². The molecule has 2 aromatic rings. The summed E-state index contributed by atoms with van der Waals surface area (Å²) in [5, 5.41) is 5.12. The maximum Gasteiger partial charge on any atom is 0.255 e. The fourth-order valence-corrected chi connectivity index (χ4v) is 5.47. The number of carbonyl (C=O) groups excluding carboxylic acids is 1. The van der Waals surface area contributed by atoms with Gasteiger partial charge in [0.15, 0.2) is 0 Å². The maximum atomic E-state index is 12.8. The molecule has 0 unspecified atom stereocenters. The van der Waals surface area contributed by atoms with E-state index in [0.717, 1.165) is 30.3 Å². The van der Waals surface area contributed by atoms with Crippen LogP contribution >= 0.6 is 11.8 Å². The Hall–Kier alpha value is -2.40. The van der Waals surface area contributed by atoms with Crippen LogP contribution in [0.1, 0.15) is 113 Å². The molecule has 0 saturated carbocycles. The standard InChI is InChI=1S/C33H48N2O2S/c1-2-3-4-5-6-7-8-9-10-11-12-13-14-15-24-37-32-18-16-17-30(26-32)33(36)34-31-21-19-29(20-22-31)27-35-23-25-38-28-35/h16-23,25-26H,2-15,24,27-28H2,1H3,(H,34,36). The summed E-state index contributed by atoms with van der Waals surface area (Å²) in [5.41, 5.74) is 2.65. The second kappa shape index (κ2) is 18.8. The van der Waals surface area contributed by atoms with Gasteiger partial charge >= 0.3 is 0 Å². The Morgan fingerprint density at radius 3 is 2.08 bits per heavy atom. The highest BCUT2D eigenvalue weighted by atomic mass is 32.2. The molecule has 3 rings (SSSR count). The summed E-state index contributed by atoms with van der Waals surface area (Å²) < 4.78 is 5.94. The van der Waals surface area contributed by atoms with Gasteiger partial charge in [0.2, 0.25) is 0 Å². The number of thioether (sulfide) groups is 1. The third-order valence-corrected chi connectivity index (χ3v) is 7.86. The third kappa shape index (κ3) is 12.4. The van der Waals surface area contributed by atoms with E-state index < -0.39 is 0 Å². The summed E-state index contributed by atoms with van der Waals surface area (Å²) in [6.45, 7) is 3.87. The minimum Gasteiger partial charge on any atom is -0.494 e. The van der Waals surface area contributed by atoms with Gasteiger partial charge in [0, 0.05) is 24.0 Å². The van der Waals surface area contributed by atoms with Crippen molar-refractivity contribution >= 4 is 23.4 Å². The van der Waals surface area contributed by atoms with E-state index in [2.05, 4.69) is 40.9 Å². The average Bonchev–Trinajstić information content (AvgIpc) is 3.45. The fourth-order valence-electron chi connectivity index (χ4n) is 4.75. The van der Waals surface area contributed by atoms with Crippen molar-refractivity contribution in [1.82, 2.24) is 4.90 Å². The molecular weight excluding hydrogens is 488 g/mol. The molecule has 0 aliphatic carbocycles. The quantitative estimate of drug-likeness (QED) is 0.171. The van der Waals surface area contributed by atoms with Crippen LogP contribution in [0.4, 0.5) is 5.69 Å². The minimum absolute atomic E-state index is 0.112. The second-order valence-corrected chi connectivity index (χ2v) is 11.3. The SMILES string of the molecule is CCCCCCCCCCCCCCCCOc1cccc(C(=O)Nc2ccc(CN3C=CSC3)cc2)c1. The number of rotatable bonds is 20. The van der Waals surface area contributed by atoms with Gasteiger partial charge in [-0.25, -0.2) is 0 Å². The van der Waals surface area contributed by atoms with E-state index in [1.54, 1.807) is 11.8 Å². The van der Waals surface area contributed by atoms with Crippen LogP contribution in [0.15, 0.2) is 60.1 Å². The Morgan fingerprint density at radius 2 is 1.47 bits per heavy atom. The summed E-state index contributed by atoms with van der Waals surface area (Å²) in [7, 11) is 0. The number of hydrogen-bond acceptors (Lipinski definition) is 4. The Bertz CT molecular complexity index is 944. The molecule has 0 spiro atoms. The summed E-state index contributed by atoms with van der Waals surface area (Å²) in [5.74, 6) is 1.65. The van der Waals surface area contributed by atoms with Gasteiger partial charge in [-0.15, -0.1) is 11.8 Å². The van der Waals surface area contributed by atoms with Crippen molar-refractivity contribution in [2.24, 2.45) is 0 Å². The van der Waals surface area contributed by atoms with Crippen molar-refractivity contribution in [2.45, 2.75) is 103 Å². The molecule has 0 aromatic heterocycles. The van der Waals surface area contributed by atoms with E-state index >= 15 is 0 Å². The summed E-state index contributed by atoms with van der Waals surface area (Å²) >= 11 is 1.80. The molecule has 2 aromatic carbocycles. The zero-order valence-electron chi connectivity index (χ0n) is 23.5. The number of unbranched alkanes of at least 4 members (excludes halogenated alkanes) is 13. The first-order valence-corrected chi connectivity index (χ1v) is 15.9. The van der Waals surface area contributed by atoms with Crippen LogP contribution < -0.4 is 10.1 Å². The van der Waals surface area contributed by atoms with E-state index in [4.69, 9.17) is 4.74 Å². The largest absolute Gasteiger partial charge is 0.494 e. The van der Waals surface area contributed by atoms with Crippen LogP contribution in [0.2, 0.25) is 0 Å². The number of nitrogens with zero attached hydrogens (tertiary/aromatic N) is 1. The highest BCUT2D eigenvalue weighted by Gasteiger charge is 2.09. The third-order valence-electron chi connectivity index (χ3n) is 7.07. The molecule has 1 amide bonds. The predicted octanol–water partition coefficient (Wildman–Crippen LogP) is 9.78. The number of ether oxygens (including phenoxy) is 1. The minimum atomic E-state index is -0.112. The fraction of sp³-hybridized carbons (Fsp3) is 0.545. The van der Waals surface area contributed by atoms with Crippen molar-refractivity contribution in [2.75, 3.05) is 17.8 Å². The highest BCUT2D eigenvalue weighted by Crippen LogP contribution is 2.20. The van der Waals surface area contributed by atoms with E-state index in [1.807, 2.05) is 36.4 Å². The van der Waals surface area contributed by atoms with Gasteiger partial charge in [0.1, 0.15) is 5.75 Å². The number of carbonyl (C=O) groups is 1. The van der Waals surface area contributed by atoms with Crippen LogP contribution in [0.25, 0.3) is 0 Å². The van der Waals surface area contributed by atoms with Crippen molar-refractivity contribution < 1.29 is 9.53 Å². The average molecular weight is 537 g/mol. The van der Waals surface area contributed by atoms with Gasteiger partial charge < -0.3 is 15.0 Å². The number of anilines is 1. The molecule has 208 valence electrons. The molecule has 1 heterocycles. The molecule has 0 radical (unpaired) electrons.